The summed E-state index contributed by atoms with van der Waals surface area (Å²) in [6.45, 7) is 6.51. The van der Waals surface area contributed by atoms with Gasteiger partial charge in [0.2, 0.25) is 11.8 Å². The molecule has 1 aliphatic carbocycles. The van der Waals surface area contributed by atoms with Crippen molar-refractivity contribution in [2.45, 2.75) is 65.6 Å². The summed E-state index contributed by atoms with van der Waals surface area (Å²) in [5, 5.41) is 5.62. The molecule has 1 aliphatic rings. The summed E-state index contributed by atoms with van der Waals surface area (Å²) in [6, 6.07) is 7.73. The van der Waals surface area contributed by atoms with Crippen LogP contribution in [0.5, 0.6) is 0 Å². The lowest BCUT2D eigenvalue weighted by atomic mass is 9.96. The Labute approximate surface area is 150 Å². The van der Waals surface area contributed by atoms with Crippen molar-refractivity contribution in [1.29, 1.82) is 0 Å². The molecule has 0 unspecified atom stereocenters. The Morgan fingerprint density at radius 3 is 2.36 bits per heavy atom. The summed E-state index contributed by atoms with van der Waals surface area (Å²) >= 11 is 0. The molecule has 1 saturated carbocycles. The maximum Gasteiger partial charge on any atom is 0.226 e. The predicted molar refractivity (Wildman–Crippen MR) is 99.2 cm³/mol. The van der Waals surface area contributed by atoms with Crippen molar-refractivity contribution in [2.24, 2.45) is 5.41 Å². The molecule has 2 rings (SSSR count). The van der Waals surface area contributed by atoms with Crippen LogP contribution in [-0.4, -0.2) is 24.5 Å². The van der Waals surface area contributed by atoms with Crippen LogP contribution < -0.4 is 10.6 Å². The number of hydrogen-bond donors (Lipinski definition) is 2. The lowest BCUT2D eigenvalue weighted by Gasteiger charge is -2.17. The fraction of sp³-hybridized carbons (Fsp3) is 0.600. The van der Waals surface area contributed by atoms with Gasteiger partial charge in [0.1, 0.15) is 0 Å². The average molecular weight is 346 g/mol. The maximum atomic E-state index is 11.9. The summed E-state index contributed by atoms with van der Waals surface area (Å²) in [5.74, 6) is -0.156. The van der Waals surface area contributed by atoms with Gasteiger partial charge in [-0.3, -0.25) is 9.59 Å². The average Bonchev–Trinajstić information content (AvgIpc) is 3.06. The largest absolute Gasteiger partial charge is 0.374 e. The van der Waals surface area contributed by atoms with E-state index in [4.69, 9.17) is 4.74 Å². The molecular formula is C20H30N2O3. The Morgan fingerprint density at radius 2 is 1.76 bits per heavy atom. The molecule has 1 aromatic carbocycles. The Kier molecular flexibility index (Phi) is 7.00. The summed E-state index contributed by atoms with van der Waals surface area (Å²) in [6.07, 6.45) is 5.54. The van der Waals surface area contributed by atoms with Crippen molar-refractivity contribution in [1.82, 2.24) is 5.32 Å². The van der Waals surface area contributed by atoms with Crippen molar-refractivity contribution in [3.63, 3.8) is 0 Å². The third-order valence-electron chi connectivity index (χ3n) is 4.34. The molecule has 0 radical (unpaired) electrons. The van der Waals surface area contributed by atoms with Gasteiger partial charge >= 0.3 is 0 Å². The quantitative estimate of drug-likeness (QED) is 0.792. The van der Waals surface area contributed by atoms with E-state index in [1.807, 2.05) is 45.0 Å². The van der Waals surface area contributed by atoms with Crippen LogP contribution in [0.4, 0.5) is 5.69 Å². The highest BCUT2D eigenvalue weighted by Crippen LogP contribution is 2.22. The lowest BCUT2D eigenvalue weighted by molar-refractivity contribution is -0.128. The first-order chi connectivity index (χ1) is 11.8. The summed E-state index contributed by atoms with van der Waals surface area (Å²) in [5.41, 5.74) is 1.44. The van der Waals surface area contributed by atoms with Crippen molar-refractivity contribution in [3.8, 4) is 0 Å². The summed E-state index contributed by atoms with van der Waals surface area (Å²) < 4.78 is 5.89. The van der Waals surface area contributed by atoms with Crippen molar-refractivity contribution < 1.29 is 14.3 Å². The number of amides is 2. The Balaban J connectivity index is 1.69. The van der Waals surface area contributed by atoms with E-state index < -0.39 is 5.41 Å². The van der Waals surface area contributed by atoms with Crippen LogP contribution in [-0.2, 0) is 20.9 Å². The van der Waals surface area contributed by atoms with E-state index in [2.05, 4.69) is 10.6 Å². The maximum absolute atomic E-state index is 11.9. The molecular weight excluding hydrogens is 316 g/mol. The number of carbonyl (C=O) groups excluding carboxylic acids is 2. The normalized spacial score (nSPS) is 15.2. The topological polar surface area (TPSA) is 67.4 Å². The monoisotopic (exact) mass is 346 g/mol. The number of rotatable bonds is 7. The number of benzene rings is 1. The van der Waals surface area contributed by atoms with E-state index in [-0.39, 0.29) is 18.2 Å². The molecule has 0 spiro atoms. The fourth-order valence-corrected chi connectivity index (χ4v) is 2.73. The van der Waals surface area contributed by atoms with Crippen LogP contribution in [0.2, 0.25) is 0 Å². The molecule has 0 atom stereocenters. The first-order valence-electron chi connectivity index (χ1n) is 9.13. The number of nitrogens with one attached hydrogen (secondary N) is 2. The van der Waals surface area contributed by atoms with Gasteiger partial charge in [0.05, 0.1) is 12.7 Å². The minimum Gasteiger partial charge on any atom is -0.374 e. The fourth-order valence-electron chi connectivity index (χ4n) is 2.73. The predicted octanol–water partition coefficient (Wildman–Crippen LogP) is 3.64. The molecule has 0 aliphatic heterocycles. The van der Waals surface area contributed by atoms with Crippen LogP contribution >= 0.6 is 0 Å². The van der Waals surface area contributed by atoms with Crippen molar-refractivity contribution >= 4 is 17.5 Å². The van der Waals surface area contributed by atoms with Crippen LogP contribution in [0, 0.1) is 5.41 Å². The minimum atomic E-state index is -0.438. The molecule has 5 heteroatoms. The molecule has 2 N–H and O–H groups in total. The molecule has 0 aromatic heterocycles. The summed E-state index contributed by atoms with van der Waals surface area (Å²) in [4.78, 5) is 23.7. The number of hydrogen-bond acceptors (Lipinski definition) is 3. The van der Waals surface area contributed by atoms with Gasteiger partial charge in [0.25, 0.3) is 0 Å². The minimum absolute atomic E-state index is 0.0492. The van der Waals surface area contributed by atoms with Crippen molar-refractivity contribution in [2.75, 3.05) is 11.9 Å². The van der Waals surface area contributed by atoms with Gasteiger partial charge < -0.3 is 15.4 Å². The van der Waals surface area contributed by atoms with E-state index in [0.29, 0.717) is 19.3 Å². The van der Waals surface area contributed by atoms with Gasteiger partial charge in [-0.2, -0.15) is 0 Å². The van der Waals surface area contributed by atoms with E-state index >= 15 is 0 Å². The second-order valence-electron chi connectivity index (χ2n) is 7.72. The second kappa shape index (κ2) is 8.99. The summed E-state index contributed by atoms with van der Waals surface area (Å²) in [7, 11) is 0. The van der Waals surface area contributed by atoms with E-state index in [1.54, 1.807) is 0 Å². The number of ether oxygens (including phenoxy) is 1. The third kappa shape index (κ3) is 6.86. The molecule has 138 valence electrons. The van der Waals surface area contributed by atoms with Crippen LogP contribution in [0.25, 0.3) is 0 Å². The number of carbonyl (C=O) groups is 2. The SMILES string of the molecule is CC(C)(C)C(=O)NCCC(=O)Nc1ccc(COC2CCCC2)cc1. The van der Waals surface area contributed by atoms with Gasteiger partial charge in [-0.05, 0) is 30.5 Å². The Bertz CT molecular complexity index is 570. The highest BCUT2D eigenvalue weighted by atomic mass is 16.5. The van der Waals surface area contributed by atoms with Crippen LogP contribution in [0.3, 0.4) is 0 Å². The van der Waals surface area contributed by atoms with Gasteiger partial charge in [-0.25, -0.2) is 0 Å². The van der Waals surface area contributed by atoms with Crippen LogP contribution in [0.15, 0.2) is 24.3 Å². The van der Waals surface area contributed by atoms with Gasteiger partial charge in [-0.15, -0.1) is 0 Å². The van der Waals surface area contributed by atoms with E-state index in [0.717, 1.165) is 11.3 Å². The molecule has 1 aromatic rings. The Hall–Kier alpha value is -1.88. The number of anilines is 1. The van der Waals surface area contributed by atoms with Gasteiger partial charge in [0.15, 0.2) is 0 Å². The molecule has 1 fully saturated rings. The molecule has 2 amide bonds. The lowest BCUT2D eigenvalue weighted by Crippen LogP contribution is -2.36. The van der Waals surface area contributed by atoms with Crippen LogP contribution in [0.1, 0.15) is 58.4 Å². The molecule has 0 heterocycles. The highest BCUT2D eigenvalue weighted by Gasteiger charge is 2.20. The second-order valence-corrected chi connectivity index (χ2v) is 7.72. The third-order valence-corrected chi connectivity index (χ3v) is 4.34. The van der Waals surface area contributed by atoms with E-state index in [9.17, 15) is 9.59 Å². The zero-order chi connectivity index (χ0) is 18.3. The Morgan fingerprint density at radius 1 is 1.12 bits per heavy atom. The zero-order valence-electron chi connectivity index (χ0n) is 15.6. The molecule has 25 heavy (non-hydrogen) atoms. The van der Waals surface area contributed by atoms with Gasteiger partial charge in [0, 0.05) is 24.1 Å². The van der Waals surface area contributed by atoms with Gasteiger partial charge in [-0.1, -0.05) is 45.7 Å². The smallest absolute Gasteiger partial charge is 0.226 e. The highest BCUT2D eigenvalue weighted by molar-refractivity contribution is 5.91. The first-order valence-corrected chi connectivity index (χ1v) is 9.13. The molecule has 5 nitrogen and oxygen atoms in total. The zero-order valence-corrected chi connectivity index (χ0v) is 15.6. The standard InChI is InChI=1S/C20H30N2O3/c1-20(2,3)19(24)21-13-12-18(23)22-16-10-8-15(9-11-16)14-25-17-6-4-5-7-17/h8-11,17H,4-7,12-14H2,1-3H3,(H,21,24)(H,22,23). The molecule has 0 saturated heterocycles. The first kappa shape index (κ1) is 19.4. The molecule has 0 bridgehead atoms. The van der Waals surface area contributed by atoms with Crippen molar-refractivity contribution in [3.05, 3.63) is 29.8 Å². The van der Waals surface area contributed by atoms with E-state index in [1.165, 1.54) is 25.7 Å².